The molecule has 2 aromatic rings. The number of anilines is 1. The number of nitrogens with zero attached hydrogens (tertiary/aromatic N) is 4. The van der Waals surface area contributed by atoms with Gasteiger partial charge in [0.15, 0.2) is 9.84 Å². The van der Waals surface area contributed by atoms with E-state index in [0.29, 0.717) is 24.5 Å². The minimum Gasteiger partial charge on any atom is -0.341 e. The van der Waals surface area contributed by atoms with E-state index < -0.39 is 15.7 Å². The van der Waals surface area contributed by atoms with Crippen LogP contribution in [0.1, 0.15) is 24.8 Å². The molecule has 4 rings (SSSR count). The number of sulfone groups is 1. The van der Waals surface area contributed by atoms with Crippen molar-refractivity contribution in [2.75, 3.05) is 30.8 Å². The first-order chi connectivity index (χ1) is 14.7. The molecule has 0 radical (unpaired) electrons. The number of benzene rings is 1. The van der Waals surface area contributed by atoms with Gasteiger partial charge in [0, 0.05) is 50.2 Å². The summed E-state index contributed by atoms with van der Waals surface area (Å²) in [5.74, 6) is -0.0892. The van der Waals surface area contributed by atoms with Crippen molar-refractivity contribution >= 4 is 37.6 Å². The Bertz CT molecular complexity index is 1070. The van der Waals surface area contributed by atoms with Crippen LogP contribution in [-0.2, 0) is 21.1 Å². The fourth-order valence-electron chi connectivity index (χ4n) is 4.35. The lowest BCUT2D eigenvalue weighted by atomic mass is 9.97. The van der Waals surface area contributed by atoms with E-state index in [0.717, 1.165) is 42.7 Å². The molecule has 0 unspecified atom stereocenters. The Kier molecular flexibility index (Phi) is 6.30. The Hall–Kier alpha value is -2.07. The lowest BCUT2D eigenvalue weighted by Crippen LogP contribution is -2.46. The van der Waals surface area contributed by atoms with Crippen molar-refractivity contribution in [2.45, 2.75) is 36.6 Å². The van der Waals surface area contributed by atoms with Crippen LogP contribution in [0.15, 0.2) is 40.0 Å². The van der Waals surface area contributed by atoms with Crippen molar-refractivity contribution < 1.29 is 17.6 Å². The maximum absolute atomic E-state index is 14.4. The van der Waals surface area contributed by atoms with Gasteiger partial charge in [-0.15, -0.1) is 0 Å². The second kappa shape index (κ2) is 8.82. The van der Waals surface area contributed by atoms with E-state index in [2.05, 4.69) is 30.8 Å². The molecule has 2 fully saturated rings. The van der Waals surface area contributed by atoms with E-state index in [-0.39, 0.29) is 29.2 Å². The minimum atomic E-state index is -3.46. The first-order valence-corrected chi connectivity index (χ1v) is 12.9. The zero-order valence-corrected chi connectivity index (χ0v) is 19.6. The smallest absolute Gasteiger partial charge is 0.226 e. The fraction of sp³-hybridized carbons (Fsp3) is 0.476. The van der Waals surface area contributed by atoms with Gasteiger partial charge in [-0.2, -0.15) is 0 Å². The number of carbonyl (C=O) groups is 1. The van der Waals surface area contributed by atoms with Crippen LogP contribution in [0.3, 0.4) is 0 Å². The van der Waals surface area contributed by atoms with Crippen LogP contribution in [0, 0.1) is 11.7 Å². The molecule has 0 N–H and O–H groups in total. The largest absolute Gasteiger partial charge is 0.341 e. The highest BCUT2D eigenvalue weighted by Gasteiger charge is 2.37. The average Bonchev–Trinajstić information content (AvgIpc) is 3.10. The molecule has 3 heterocycles. The Labute approximate surface area is 189 Å². The number of rotatable bonds is 5. The summed E-state index contributed by atoms with van der Waals surface area (Å²) < 4.78 is 38.5. The van der Waals surface area contributed by atoms with Crippen LogP contribution in [0.5, 0.6) is 0 Å². The molecule has 1 aromatic carbocycles. The maximum atomic E-state index is 14.4. The highest BCUT2D eigenvalue weighted by Crippen LogP contribution is 2.29. The standard InChI is InChI=1S/C21H24BrFN4O3S/c1-31(29,30)18-3-2-14(19(23)11-18)10-15-4-9-27(20(15)28)17-5-7-26(8-6-17)21-24-12-16(22)13-25-21/h2-3,11-13,15,17H,4-10H2,1H3/t15-/m1/s1. The van der Waals surface area contributed by atoms with E-state index in [1.165, 1.54) is 12.1 Å². The molecule has 0 aliphatic carbocycles. The topological polar surface area (TPSA) is 83.5 Å². The zero-order chi connectivity index (χ0) is 22.2. The molecule has 2 saturated heterocycles. The first-order valence-electron chi connectivity index (χ1n) is 10.2. The first kappa shape index (κ1) is 22.1. The number of amides is 1. The second-order valence-corrected chi connectivity index (χ2v) is 11.1. The molecule has 0 spiro atoms. The van der Waals surface area contributed by atoms with E-state index in [1.807, 2.05) is 4.90 Å². The Morgan fingerprint density at radius 3 is 2.42 bits per heavy atom. The molecular weight excluding hydrogens is 487 g/mol. The summed E-state index contributed by atoms with van der Waals surface area (Å²) in [6.07, 6.45) is 7.16. The van der Waals surface area contributed by atoms with Crippen molar-refractivity contribution in [3.8, 4) is 0 Å². The van der Waals surface area contributed by atoms with Gasteiger partial charge >= 0.3 is 0 Å². The number of hydrogen-bond acceptors (Lipinski definition) is 6. The van der Waals surface area contributed by atoms with Gasteiger partial charge in [0.1, 0.15) is 5.82 Å². The van der Waals surface area contributed by atoms with E-state index >= 15 is 0 Å². The van der Waals surface area contributed by atoms with E-state index in [9.17, 15) is 17.6 Å². The summed E-state index contributed by atoms with van der Waals surface area (Å²) >= 11 is 3.34. The lowest BCUT2D eigenvalue weighted by molar-refractivity contribution is -0.133. The number of piperidine rings is 1. The molecule has 1 aromatic heterocycles. The van der Waals surface area contributed by atoms with Gasteiger partial charge in [-0.05, 0) is 59.3 Å². The van der Waals surface area contributed by atoms with Crippen molar-refractivity contribution in [2.24, 2.45) is 5.92 Å². The third kappa shape index (κ3) is 4.90. The summed E-state index contributed by atoms with van der Waals surface area (Å²) in [5.41, 5.74) is 0.384. The fourth-order valence-corrected chi connectivity index (χ4v) is 5.19. The number of hydrogen-bond donors (Lipinski definition) is 0. The van der Waals surface area contributed by atoms with E-state index in [4.69, 9.17) is 0 Å². The van der Waals surface area contributed by atoms with Crippen LogP contribution in [0.2, 0.25) is 0 Å². The summed E-state index contributed by atoms with van der Waals surface area (Å²) in [4.78, 5) is 25.7. The third-order valence-corrected chi connectivity index (χ3v) is 7.58. The average molecular weight is 511 g/mol. The summed E-state index contributed by atoms with van der Waals surface area (Å²) in [5, 5.41) is 0. The van der Waals surface area contributed by atoms with Crippen LogP contribution >= 0.6 is 15.9 Å². The van der Waals surface area contributed by atoms with Gasteiger partial charge < -0.3 is 9.80 Å². The van der Waals surface area contributed by atoms with Crippen LogP contribution in [-0.4, -0.2) is 61.1 Å². The number of halogens is 2. The maximum Gasteiger partial charge on any atom is 0.226 e. The molecule has 0 bridgehead atoms. The molecule has 0 saturated carbocycles. The lowest BCUT2D eigenvalue weighted by Gasteiger charge is -2.36. The minimum absolute atomic E-state index is 0.0466. The van der Waals surface area contributed by atoms with Crippen LogP contribution in [0.25, 0.3) is 0 Å². The zero-order valence-electron chi connectivity index (χ0n) is 17.2. The molecule has 7 nitrogen and oxygen atoms in total. The predicted octanol–water partition coefficient (Wildman–Crippen LogP) is 2.84. The molecule has 1 amide bonds. The molecule has 31 heavy (non-hydrogen) atoms. The monoisotopic (exact) mass is 510 g/mol. The highest BCUT2D eigenvalue weighted by atomic mass is 79.9. The molecule has 10 heteroatoms. The normalized spacial score (nSPS) is 20.5. The summed E-state index contributed by atoms with van der Waals surface area (Å²) in [6.45, 7) is 2.23. The van der Waals surface area contributed by atoms with Gasteiger partial charge in [-0.1, -0.05) is 6.07 Å². The number of aromatic nitrogens is 2. The molecule has 1 atom stereocenters. The van der Waals surface area contributed by atoms with Gasteiger partial charge in [-0.25, -0.2) is 22.8 Å². The Balaban J connectivity index is 1.36. The Morgan fingerprint density at radius 2 is 1.81 bits per heavy atom. The summed E-state index contributed by atoms with van der Waals surface area (Å²) in [7, 11) is -3.46. The van der Waals surface area contributed by atoms with Crippen molar-refractivity contribution in [1.82, 2.24) is 14.9 Å². The van der Waals surface area contributed by atoms with E-state index in [1.54, 1.807) is 12.4 Å². The van der Waals surface area contributed by atoms with Gasteiger partial charge in [0.2, 0.25) is 11.9 Å². The SMILES string of the molecule is CS(=O)(=O)c1ccc(C[C@H]2CCN(C3CCN(c4ncc(Br)cn4)CC3)C2=O)c(F)c1. The molecular formula is C21H24BrFN4O3S. The highest BCUT2D eigenvalue weighted by molar-refractivity contribution is 9.10. The van der Waals surface area contributed by atoms with Crippen molar-refractivity contribution in [1.29, 1.82) is 0 Å². The molecule has 2 aliphatic heterocycles. The predicted molar refractivity (Wildman–Crippen MR) is 118 cm³/mol. The number of carbonyl (C=O) groups excluding carboxylic acids is 1. The summed E-state index contributed by atoms with van der Waals surface area (Å²) in [6, 6.07) is 4.10. The van der Waals surface area contributed by atoms with Crippen LogP contribution < -0.4 is 4.90 Å². The molecule has 166 valence electrons. The van der Waals surface area contributed by atoms with Gasteiger partial charge in [0.25, 0.3) is 0 Å². The van der Waals surface area contributed by atoms with Gasteiger partial charge in [-0.3, -0.25) is 4.79 Å². The number of likely N-dealkylation sites (tertiary alicyclic amines) is 1. The van der Waals surface area contributed by atoms with Crippen molar-refractivity contribution in [3.05, 3.63) is 46.4 Å². The molecule has 2 aliphatic rings. The van der Waals surface area contributed by atoms with Crippen LogP contribution in [0.4, 0.5) is 10.3 Å². The second-order valence-electron chi connectivity index (χ2n) is 8.17. The Morgan fingerprint density at radius 1 is 1.13 bits per heavy atom. The quantitative estimate of drug-likeness (QED) is 0.614. The van der Waals surface area contributed by atoms with Crippen molar-refractivity contribution in [3.63, 3.8) is 0 Å². The third-order valence-electron chi connectivity index (χ3n) is 6.06. The van der Waals surface area contributed by atoms with Gasteiger partial charge in [0.05, 0.1) is 9.37 Å².